The summed E-state index contributed by atoms with van der Waals surface area (Å²) in [7, 11) is 0. The van der Waals surface area contributed by atoms with Gasteiger partial charge in [-0.1, -0.05) is 30.3 Å². The largest absolute Gasteiger partial charge is 0.376 e. The van der Waals surface area contributed by atoms with Crippen molar-refractivity contribution >= 4 is 44.7 Å². The Hall–Kier alpha value is -2.29. The molecule has 1 aromatic carbocycles. The van der Waals surface area contributed by atoms with Crippen molar-refractivity contribution < 1.29 is 4.74 Å². The first kappa shape index (κ1) is 17.1. The summed E-state index contributed by atoms with van der Waals surface area (Å²) in [6.07, 6.45) is 3.99. The minimum Gasteiger partial charge on any atom is -0.376 e. The van der Waals surface area contributed by atoms with Crippen molar-refractivity contribution in [1.29, 1.82) is 0 Å². The SMILES string of the molecule is S=C(NC[C@@H]1CCCO1)NNc1ncnc2cc(-c3ccccc3)sc12. The summed E-state index contributed by atoms with van der Waals surface area (Å²) < 4.78 is 6.57. The standard InChI is InChI=1S/C18H19N5OS2/c25-18(19-10-13-7-4-8-24-13)23-22-17-16-14(20-11-21-17)9-15(26-16)12-5-2-1-3-6-12/h1-3,5-6,9,11,13H,4,7-8,10H2,(H2,19,23,25)(H,20,21,22)/t13-/m0/s1. The number of benzene rings is 1. The average Bonchev–Trinajstić information content (AvgIpc) is 3.35. The summed E-state index contributed by atoms with van der Waals surface area (Å²) in [6, 6.07) is 12.3. The van der Waals surface area contributed by atoms with E-state index in [0.29, 0.717) is 17.5 Å². The Morgan fingerprint density at radius 3 is 2.96 bits per heavy atom. The lowest BCUT2D eigenvalue weighted by Gasteiger charge is -2.14. The molecular weight excluding hydrogens is 366 g/mol. The lowest BCUT2D eigenvalue weighted by atomic mass is 10.2. The molecule has 8 heteroatoms. The van der Waals surface area contributed by atoms with Crippen molar-refractivity contribution in [3.8, 4) is 10.4 Å². The first-order chi connectivity index (χ1) is 12.8. The van der Waals surface area contributed by atoms with Crippen LogP contribution < -0.4 is 16.2 Å². The first-order valence-electron chi connectivity index (χ1n) is 8.51. The van der Waals surface area contributed by atoms with Crippen molar-refractivity contribution in [3.63, 3.8) is 0 Å². The Kier molecular flexibility index (Phi) is 5.24. The third kappa shape index (κ3) is 3.92. The van der Waals surface area contributed by atoms with Gasteiger partial charge in [-0.25, -0.2) is 9.97 Å². The Bertz CT molecular complexity index is 893. The fourth-order valence-corrected chi connectivity index (χ4v) is 4.06. The quantitative estimate of drug-likeness (QED) is 0.460. The van der Waals surface area contributed by atoms with Crippen molar-refractivity contribution in [2.75, 3.05) is 18.6 Å². The number of hydrogen-bond donors (Lipinski definition) is 3. The number of ether oxygens (including phenoxy) is 1. The summed E-state index contributed by atoms with van der Waals surface area (Å²) in [4.78, 5) is 9.86. The van der Waals surface area contributed by atoms with Gasteiger partial charge in [0.15, 0.2) is 10.9 Å². The summed E-state index contributed by atoms with van der Waals surface area (Å²) >= 11 is 6.96. The Morgan fingerprint density at radius 2 is 2.15 bits per heavy atom. The summed E-state index contributed by atoms with van der Waals surface area (Å²) in [6.45, 7) is 1.55. The minimum absolute atomic E-state index is 0.242. The maximum Gasteiger partial charge on any atom is 0.185 e. The number of hydrazine groups is 1. The van der Waals surface area contributed by atoms with E-state index < -0.39 is 0 Å². The number of nitrogens with zero attached hydrogens (tertiary/aromatic N) is 2. The van der Waals surface area contributed by atoms with Gasteiger partial charge in [0.2, 0.25) is 0 Å². The van der Waals surface area contributed by atoms with Gasteiger partial charge in [-0.05, 0) is 36.7 Å². The average molecular weight is 386 g/mol. The van der Waals surface area contributed by atoms with Gasteiger partial charge >= 0.3 is 0 Å². The van der Waals surface area contributed by atoms with Gasteiger partial charge in [-0.15, -0.1) is 11.3 Å². The van der Waals surface area contributed by atoms with Crippen LogP contribution in [-0.4, -0.2) is 34.3 Å². The lowest BCUT2D eigenvalue weighted by Crippen LogP contribution is -2.42. The molecule has 1 fully saturated rings. The zero-order valence-electron chi connectivity index (χ0n) is 14.1. The Balaban J connectivity index is 1.43. The number of thiocarbonyl (C=S) groups is 1. The highest BCUT2D eigenvalue weighted by molar-refractivity contribution is 7.80. The second kappa shape index (κ2) is 7.94. The molecule has 3 N–H and O–H groups in total. The van der Waals surface area contributed by atoms with Crippen LogP contribution in [0.1, 0.15) is 12.8 Å². The number of anilines is 1. The summed E-state index contributed by atoms with van der Waals surface area (Å²) in [5.41, 5.74) is 8.17. The molecule has 3 aromatic rings. The third-order valence-corrected chi connectivity index (χ3v) is 5.60. The molecule has 134 valence electrons. The van der Waals surface area contributed by atoms with Crippen molar-refractivity contribution in [2.45, 2.75) is 18.9 Å². The van der Waals surface area contributed by atoms with Gasteiger partial charge < -0.3 is 10.1 Å². The molecular formula is C18H19N5OS2. The van der Waals surface area contributed by atoms with E-state index in [2.05, 4.69) is 44.3 Å². The molecule has 0 aliphatic carbocycles. The number of aromatic nitrogens is 2. The summed E-state index contributed by atoms with van der Waals surface area (Å²) in [5, 5.41) is 3.69. The monoisotopic (exact) mass is 385 g/mol. The third-order valence-electron chi connectivity index (χ3n) is 4.18. The molecule has 0 spiro atoms. The van der Waals surface area contributed by atoms with Crippen LogP contribution in [0.25, 0.3) is 20.7 Å². The van der Waals surface area contributed by atoms with Crippen LogP contribution in [-0.2, 0) is 4.74 Å². The van der Waals surface area contributed by atoms with Crippen LogP contribution in [0.15, 0.2) is 42.7 Å². The number of rotatable bonds is 5. The summed E-state index contributed by atoms with van der Waals surface area (Å²) in [5.74, 6) is 0.712. The van der Waals surface area contributed by atoms with Gasteiger partial charge in [0, 0.05) is 18.0 Å². The fourth-order valence-electron chi connectivity index (χ4n) is 2.86. The fraction of sp³-hybridized carbons (Fsp3) is 0.278. The molecule has 0 saturated carbocycles. The van der Waals surface area contributed by atoms with Crippen LogP contribution in [0.5, 0.6) is 0 Å². The Morgan fingerprint density at radius 1 is 1.27 bits per heavy atom. The van der Waals surface area contributed by atoms with E-state index in [1.54, 1.807) is 17.7 Å². The van der Waals surface area contributed by atoms with E-state index in [1.165, 1.54) is 5.56 Å². The first-order valence-corrected chi connectivity index (χ1v) is 9.73. The molecule has 1 aliphatic heterocycles. The van der Waals surface area contributed by atoms with E-state index in [4.69, 9.17) is 17.0 Å². The molecule has 2 aromatic heterocycles. The van der Waals surface area contributed by atoms with E-state index in [9.17, 15) is 0 Å². The molecule has 3 heterocycles. The van der Waals surface area contributed by atoms with Gasteiger partial charge in [0.1, 0.15) is 6.33 Å². The highest BCUT2D eigenvalue weighted by Crippen LogP contribution is 2.35. The van der Waals surface area contributed by atoms with Crippen molar-refractivity contribution in [1.82, 2.24) is 20.7 Å². The van der Waals surface area contributed by atoms with E-state index in [1.807, 2.05) is 18.2 Å². The molecule has 1 aliphatic rings. The lowest BCUT2D eigenvalue weighted by molar-refractivity contribution is 0.114. The molecule has 0 amide bonds. The number of thiophene rings is 1. The molecule has 1 atom stereocenters. The molecule has 0 unspecified atom stereocenters. The van der Waals surface area contributed by atoms with Crippen LogP contribution in [0.4, 0.5) is 5.82 Å². The zero-order chi connectivity index (χ0) is 17.8. The van der Waals surface area contributed by atoms with E-state index >= 15 is 0 Å². The Labute approximate surface area is 161 Å². The van der Waals surface area contributed by atoms with Crippen LogP contribution in [0.2, 0.25) is 0 Å². The molecule has 6 nitrogen and oxygen atoms in total. The molecule has 4 rings (SSSR count). The van der Waals surface area contributed by atoms with Crippen molar-refractivity contribution in [2.24, 2.45) is 0 Å². The van der Waals surface area contributed by atoms with Crippen LogP contribution >= 0.6 is 23.6 Å². The minimum atomic E-state index is 0.242. The molecule has 26 heavy (non-hydrogen) atoms. The van der Waals surface area contributed by atoms with Crippen molar-refractivity contribution in [3.05, 3.63) is 42.7 Å². The van der Waals surface area contributed by atoms with Gasteiger partial charge in [-0.2, -0.15) is 0 Å². The van der Waals surface area contributed by atoms with E-state index in [-0.39, 0.29) is 6.10 Å². The highest BCUT2D eigenvalue weighted by atomic mass is 32.1. The zero-order valence-corrected chi connectivity index (χ0v) is 15.7. The van der Waals surface area contributed by atoms with Crippen LogP contribution in [0.3, 0.4) is 0 Å². The number of hydrogen-bond acceptors (Lipinski definition) is 6. The topological polar surface area (TPSA) is 71.1 Å². The van der Waals surface area contributed by atoms with Gasteiger partial charge in [0.05, 0.1) is 16.3 Å². The normalized spacial score (nSPS) is 16.5. The maximum atomic E-state index is 5.58. The highest BCUT2D eigenvalue weighted by Gasteiger charge is 2.15. The number of fused-ring (bicyclic) bond motifs is 1. The number of nitrogens with one attached hydrogen (secondary N) is 3. The smallest absolute Gasteiger partial charge is 0.185 e. The van der Waals surface area contributed by atoms with Gasteiger partial charge in [-0.3, -0.25) is 10.9 Å². The van der Waals surface area contributed by atoms with Crippen LogP contribution in [0, 0.1) is 0 Å². The predicted molar refractivity (Wildman–Crippen MR) is 109 cm³/mol. The molecule has 1 saturated heterocycles. The second-order valence-corrected chi connectivity index (χ2v) is 7.47. The predicted octanol–water partition coefficient (Wildman–Crippen LogP) is 3.33. The van der Waals surface area contributed by atoms with Gasteiger partial charge in [0.25, 0.3) is 0 Å². The second-order valence-electron chi connectivity index (χ2n) is 6.01. The molecule has 0 bridgehead atoms. The van der Waals surface area contributed by atoms with E-state index in [0.717, 1.165) is 34.5 Å². The molecule has 0 radical (unpaired) electrons. The maximum absolute atomic E-state index is 5.58.